The number of carbonyl (C=O) groups is 2. The highest BCUT2D eigenvalue weighted by Crippen LogP contribution is 2.43. The number of carboxylic acid groups (broad SMARTS) is 1. The van der Waals surface area contributed by atoms with E-state index >= 15 is 0 Å². The van der Waals surface area contributed by atoms with Gasteiger partial charge in [0.05, 0.1) is 24.5 Å². The third-order valence-electron chi connectivity index (χ3n) is 7.20. The Morgan fingerprint density at radius 2 is 1.67 bits per heavy atom. The average Bonchev–Trinajstić information content (AvgIpc) is 3.50. The van der Waals surface area contributed by atoms with Crippen LogP contribution in [-0.2, 0) is 25.7 Å². The summed E-state index contributed by atoms with van der Waals surface area (Å²) in [5, 5.41) is 34.0. The highest BCUT2D eigenvalue weighted by Gasteiger charge is 2.38. The Hall–Kier alpha value is -4.10. The number of nitrogens with one attached hydrogen (secondary N) is 1. The number of amides is 1. The molecule has 3 aromatic carbocycles. The predicted octanol–water partition coefficient (Wildman–Crippen LogP) is 4.93. The van der Waals surface area contributed by atoms with Crippen molar-refractivity contribution in [3.05, 3.63) is 95.6 Å². The first kappa shape index (κ1) is 30.4. The molecule has 0 aliphatic carbocycles. The summed E-state index contributed by atoms with van der Waals surface area (Å²) in [7, 11) is 0. The van der Waals surface area contributed by atoms with Gasteiger partial charge in [-0.1, -0.05) is 73.3 Å². The summed E-state index contributed by atoms with van der Waals surface area (Å²) in [4.78, 5) is 22.9. The topological polar surface area (TPSA) is 149 Å². The monoisotopic (exact) mass is 603 g/mol. The molecule has 12 heteroatoms. The first-order valence-corrected chi connectivity index (χ1v) is 15.0. The number of hydrogen-bond donors (Lipinski definition) is 3. The van der Waals surface area contributed by atoms with Crippen LogP contribution in [0.25, 0.3) is 5.69 Å². The fourth-order valence-electron chi connectivity index (χ4n) is 4.81. The number of benzene rings is 3. The molecule has 1 aromatic heterocycles. The lowest BCUT2D eigenvalue weighted by atomic mass is 9.91. The van der Waals surface area contributed by atoms with Crippen LogP contribution in [0, 0.1) is 5.92 Å². The second kappa shape index (κ2) is 14.4. The number of rotatable bonds is 12. The first-order chi connectivity index (χ1) is 20.9. The molecule has 1 aliphatic heterocycles. The highest BCUT2D eigenvalue weighted by molar-refractivity contribution is 7.99. The molecule has 4 atom stereocenters. The summed E-state index contributed by atoms with van der Waals surface area (Å²) >= 11 is 1.51. The molecule has 4 aromatic rings. The predicted molar refractivity (Wildman–Crippen MR) is 159 cm³/mol. The Labute approximate surface area is 253 Å². The summed E-state index contributed by atoms with van der Waals surface area (Å²) < 4.78 is 14.7. The zero-order chi connectivity index (χ0) is 30.2. The number of carbonyl (C=O) groups excluding carboxylic acids is 1. The van der Waals surface area contributed by atoms with Crippen LogP contribution < -0.4 is 5.32 Å². The minimum Gasteiger partial charge on any atom is -0.481 e. The van der Waals surface area contributed by atoms with Crippen molar-refractivity contribution < 1.29 is 29.3 Å². The van der Waals surface area contributed by atoms with Gasteiger partial charge in [0.15, 0.2) is 6.29 Å². The van der Waals surface area contributed by atoms with Crippen molar-refractivity contribution in [3.63, 3.8) is 0 Å². The molecule has 0 radical (unpaired) electrons. The number of nitrogens with zero attached hydrogens (tertiary/aromatic N) is 4. The van der Waals surface area contributed by atoms with E-state index in [4.69, 9.17) is 14.6 Å². The minimum absolute atomic E-state index is 0.0193. The Balaban J connectivity index is 1.32. The maximum atomic E-state index is 12.2. The van der Waals surface area contributed by atoms with E-state index in [1.54, 1.807) is 16.8 Å². The Morgan fingerprint density at radius 3 is 2.37 bits per heavy atom. The Kier molecular flexibility index (Phi) is 10.2. The van der Waals surface area contributed by atoms with Crippen molar-refractivity contribution in [1.29, 1.82) is 0 Å². The number of aliphatic carboxylic acids is 1. The average molecular weight is 604 g/mol. The number of aromatic nitrogens is 4. The number of tetrazole rings is 1. The molecule has 0 spiro atoms. The van der Waals surface area contributed by atoms with Gasteiger partial charge in [0.1, 0.15) is 0 Å². The van der Waals surface area contributed by atoms with Crippen LogP contribution in [0.15, 0.2) is 84.0 Å². The largest absolute Gasteiger partial charge is 0.481 e. The number of carboxylic acids is 1. The Morgan fingerprint density at radius 1 is 0.953 bits per heavy atom. The lowest BCUT2D eigenvalue weighted by Gasteiger charge is -2.41. The van der Waals surface area contributed by atoms with Crippen LogP contribution in [0.5, 0.6) is 0 Å². The van der Waals surface area contributed by atoms with E-state index < -0.39 is 12.3 Å². The lowest BCUT2D eigenvalue weighted by Crippen LogP contribution is -2.38. The molecule has 43 heavy (non-hydrogen) atoms. The second-order valence-corrected chi connectivity index (χ2v) is 11.2. The summed E-state index contributed by atoms with van der Waals surface area (Å²) in [5.74, 6) is -0.610. The molecule has 1 amide bonds. The first-order valence-electron chi connectivity index (χ1n) is 14.0. The van der Waals surface area contributed by atoms with Crippen molar-refractivity contribution >= 4 is 29.3 Å². The molecular formula is C31H33N5O6S. The van der Waals surface area contributed by atoms with Crippen LogP contribution in [0.1, 0.15) is 55.3 Å². The lowest BCUT2D eigenvalue weighted by molar-refractivity contribution is -0.268. The van der Waals surface area contributed by atoms with Crippen LogP contribution in [0.2, 0.25) is 0 Å². The molecule has 1 fully saturated rings. The quantitative estimate of drug-likeness (QED) is 0.190. The van der Waals surface area contributed by atoms with Crippen LogP contribution in [0.4, 0.5) is 5.69 Å². The number of aliphatic hydroxyl groups is 1. The number of thioether (sulfide) groups is 1. The fraction of sp³-hybridized carbons (Fsp3) is 0.323. The minimum atomic E-state index is -0.923. The zero-order valence-electron chi connectivity index (χ0n) is 23.6. The van der Waals surface area contributed by atoms with Gasteiger partial charge < -0.3 is 25.0 Å². The van der Waals surface area contributed by atoms with Crippen molar-refractivity contribution in [1.82, 2.24) is 20.2 Å². The van der Waals surface area contributed by atoms with Crippen molar-refractivity contribution in [3.8, 4) is 5.69 Å². The third-order valence-corrected chi connectivity index (χ3v) is 8.21. The molecule has 5 rings (SSSR count). The third kappa shape index (κ3) is 7.85. The van der Waals surface area contributed by atoms with Gasteiger partial charge >= 0.3 is 5.97 Å². The molecule has 3 N–H and O–H groups in total. The van der Waals surface area contributed by atoms with E-state index in [1.807, 2.05) is 66.7 Å². The molecule has 1 aliphatic rings. The molecule has 2 heterocycles. The van der Waals surface area contributed by atoms with Gasteiger partial charge in [0.25, 0.3) is 0 Å². The van der Waals surface area contributed by atoms with Gasteiger partial charge in [-0.3, -0.25) is 9.59 Å². The van der Waals surface area contributed by atoms with Crippen LogP contribution in [-0.4, -0.2) is 54.2 Å². The van der Waals surface area contributed by atoms with E-state index in [0.29, 0.717) is 16.6 Å². The van der Waals surface area contributed by atoms with E-state index in [-0.39, 0.29) is 49.9 Å². The summed E-state index contributed by atoms with van der Waals surface area (Å²) in [5.41, 5.74) is 4.05. The molecule has 0 unspecified atom stereocenters. The molecule has 224 valence electrons. The van der Waals surface area contributed by atoms with Crippen LogP contribution in [0.3, 0.4) is 0 Å². The smallest absolute Gasteiger partial charge is 0.303 e. The van der Waals surface area contributed by atoms with E-state index in [9.17, 15) is 14.7 Å². The maximum Gasteiger partial charge on any atom is 0.303 e. The van der Waals surface area contributed by atoms with Gasteiger partial charge in [0, 0.05) is 35.8 Å². The van der Waals surface area contributed by atoms with Crippen molar-refractivity contribution in [2.75, 3.05) is 11.1 Å². The zero-order valence-corrected chi connectivity index (χ0v) is 24.4. The van der Waals surface area contributed by atoms with E-state index in [0.717, 1.165) is 22.4 Å². The molecule has 11 nitrogen and oxygen atoms in total. The van der Waals surface area contributed by atoms with Gasteiger partial charge in [-0.2, -0.15) is 4.68 Å². The normalized spacial score (nSPS) is 20.0. The summed E-state index contributed by atoms with van der Waals surface area (Å²) in [6.45, 7) is 2.06. The maximum absolute atomic E-state index is 12.2. The SMILES string of the molecule is C[C@H]1[C@@H](CSc2nnnn2-c2ccccc2)O[C@@H](c2ccc(NC(=O)CCCC(=O)O)cc2)O[C@H]1c1ccc(CO)cc1. The number of ether oxygens (including phenoxy) is 2. The summed E-state index contributed by atoms with van der Waals surface area (Å²) in [6.07, 6.45) is -0.818. The van der Waals surface area contributed by atoms with Crippen molar-refractivity contribution in [2.24, 2.45) is 5.92 Å². The second-order valence-electron chi connectivity index (χ2n) is 10.3. The molecule has 0 bridgehead atoms. The molecule has 0 saturated carbocycles. The van der Waals surface area contributed by atoms with Gasteiger partial charge in [-0.25, -0.2) is 0 Å². The van der Waals surface area contributed by atoms with Crippen LogP contribution >= 0.6 is 11.8 Å². The molecule has 1 saturated heterocycles. The van der Waals surface area contributed by atoms with Gasteiger partial charge in [-0.05, 0) is 52.2 Å². The highest BCUT2D eigenvalue weighted by atomic mass is 32.2. The fourth-order valence-corrected chi connectivity index (χ4v) is 5.87. The Bertz CT molecular complexity index is 1500. The molecular weight excluding hydrogens is 570 g/mol. The number of aliphatic hydroxyl groups excluding tert-OH is 1. The standard InChI is InChI=1S/C31H33N5O6S/c1-20-26(19-43-31-33-34-35-36(31)25-6-3-2-4-7-25)41-30(42-29(20)22-12-10-21(18-37)11-13-22)23-14-16-24(17-15-23)32-27(38)8-5-9-28(39)40/h2-4,6-7,10-17,20,26,29-30,37H,5,8-9,18-19H2,1H3,(H,32,38)(H,39,40)/t20-,26+,29+,30+/m0/s1. The van der Waals surface area contributed by atoms with E-state index in [2.05, 4.69) is 27.8 Å². The number of hydrogen-bond acceptors (Lipinski definition) is 9. The number of anilines is 1. The van der Waals surface area contributed by atoms with Gasteiger partial charge in [-0.15, -0.1) is 5.10 Å². The van der Waals surface area contributed by atoms with Crippen molar-refractivity contribution in [2.45, 2.75) is 56.4 Å². The number of para-hydroxylation sites is 1. The van der Waals surface area contributed by atoms with Gasteiger partial charge in [0.2, 0.25) is 11.1 Å². The summed E-state index contributed by atoms with van der Waals surface area (Å²) in [6, 6.07) is 24.7. The van der Waals surface area contributed by atoms with E-state index in [1.165, 1.54) is 11.8 Å².